The maximum Gasteiger partial charge on any atom is 0.221 e. The molecule has 5 heteroatoms. The first kappa shape index (κ1) is 18.9. The van der Waals surface area contributed by atoms with E-state index in [0.29, 0.717) is 24.5 Å². The number of halogens is 1. The Bertz CT molecular complexity index is 486. The first-order valence-corrected chi connectivity index (χ1v) is 7.94. The van der Waals surface area contributed by atoms with E-state index in [1.165, 1.54) is 0 Å². The highest BCUT2D eigenvalue weighted by molar-refractivity contribution is 6.31. The van der Waals surface area contributed by atoms with Crippen LogP contribution < -0.4 is 5.32 Å². The summed E-state index contributed by atoms with van der Waals surface area (Å²) in [4.78, 5) is 14.0. The lowest BCUT2D eigenvalue weighted by atomic mass is 9.86. The molecule has 0 spiro atoms. The summed E-state index contributed by atoms with van der Waals surface area (Å²) < 4.78 is 0. The summed E-state index contributed by atoms with van der Waals surface area (Å²) in [6, 6.07) is 7.51. The van der Waals surface area contributed by atoms with Crippen LogP contribution in [-0.4, -0.2) is 42.2 Å². The molecule has 0 radical (unpaired) electrons. The Kier molecular flexibility index (Phi) is 7.33. The quantitative estimate of drug-likeness (QED) is 0.810. The number of amides is 1. The molecule has 0 fully saturated rings. The number of rotatable bonds is 7. The van der Waals surface area contributed by atoms with E-state index in [4.69, 9.17) is 11.6 Å². The lowest BCUT2D eigenvalue weighted by Crippen LogP contribution is -2.45. The summed E-state index contributed by atoms with van der Waals surface area (Å²) in [5, 5.41) is 13.1. The molecular weight excluding hydrogens is 300 g/mol. The Morgan fingerprint density at radius 2 is 2.00 bits per heavy atom. The molecule has 0 saturated carbocycles. The fraction of sp³-hybridized carbons (Fsp3) is 0.588. The maximum absolute atomic E-state index is 11.9. The molecule has 1 atom stereocenters. The van der Waals surface area contributed by atoms with Crippen molar-refractivity contribution in [1.29, 1.82) is 0 Å². The van der Waals surface area contributed by atoms with Crippen LogP contribution in [0.25, 0.3) is 0 Å². The molecule has 1 aromatic rings. The molecule has 0 bridgehead atoms. The van der Waals surface area contributed by atoms with Crippen molar-refractivity contribution >= 4 is 17.5 Å². The van der Waals surface area contributed by atoms with Crippen LogP contribution in [0, 0.1) is 5.41 Å². The van der Waals surface area contributed by atoms with Crippen LogP contribution in [0.2, 0.25) is 5.02 Å². The molecule has 0 heterocycles. The van der Waals surface area contributed by atoms with E-state index in [1.807, 2.05) is 36.2 Å². The molecule has 124 valence electrons. The van der Waals surface area contributed by atoms with Crippen molar-refractivity contribution in [3.8, 4) is 0 Å². The van der Waals surface area contributed by atoms with E-state index >= 15 is 0 Å². The zero-order valence-electron chi connectivity index (χ0n) is 13.9. The third-order valence-electron chi connectivity index (χ3n) is 3.83. The molecule has 0 aliphatic rings. The van der Waals surface area contributed by atoms with Gasteiger partial charge in [-0.2, -0.15) is 0 Å². The molecular formula is C17H27ClN2O2. The van der Waals surface area contributed by atoms with Crippen LogP contribution in [0.5, 0.6) is 0 Å². The third kappa shape index (κ3) is 5.95. The molecule has 0 aromatic heterocycles. The lowest BCUT2D eigenvalue weighted by molar-refractivity contribution is -0.121. The SMILES string of the molecule is CN(CCC(=O)NCc1ccccc1Cl)C(CO)C(C)(C)C. The van der Waals surface area contributed by atoms with Gasteiger partial charge in [-0.1, -0.05) is 50.6 Å². The Hall–Kier alpha value is -1.10. The van der Waals surface area contributed by atoms with Crippen molar-refractivity contribution in [2.24, 2.45) is 5.41 Å². The van der Waals surface area contributed by atoms with E-state index in [1.54, 1.807) is 0 Å². The number of aliphatic hydroxyl groups is 1. The third-order valence-corrected chi connectivity index (χ3v) is 4.20. The van der Waals surface area contributed by atoms with Crippen LogP contribution in [0.4, 0.5) is 0 Å². The Morgan fingerprint density at radius 3 is 2.55 bits per heavy atom. The largest absolute Gasteiger partial charge is 0.395 e. The second-order valence-electron chi connectivity index (χ2n) is 6.66. The number of nitrogens with one attached hydrogen (secondary N) is 1. The van der Waals surface area contributed by atoms with E-state index < -0.39 is 0 Å². The highest BCUT2D eigenvalue weighted by Gasteiger charge is 2.27. The first-order valence-electron chi connectivity index (χ1n) is 7.57. The summed E-state index contributed by atoms with van der Waals surface area (Å²) in [6.07, 6.45) is 0.396. The molecule has 1 amide bonds. The Morgan fingerprint density at radius 1 is 1.36 bits per heavy atom. The van der Waals surface area contributed by atoms with Crippen LogP contribution in [0.3, 0.4) is 0 Å². The fourth-order valence-electron chi connectivity index (χ4n) is 2.43. The average molecular weight is 327 g/mol. The standard InChI is InChI=1S/C17H27ClN2O2/c1-17(2,3)15(12-21)20(4)10-9-16(22)19-11-13-7-5-6-8-14(13)18/h5-8,15,21H,9-12H2,1-4H3,(H,19,22). The van der Waals surface area contributed by atoms with Gasteiger partial charge in [-0.15, -0.1) is 0 Å². The second-order valence-corrected chi connectivity index (χ2v) is 7.07. The molecule has 2 N–H and O–H groups in total. The van der Waals surface area contributed by atoms with Crippen LogP contribution in [-0.2, 0) is 11.3 Å². The molecule has 0 aliphatic carbocycles. The lowest BCUT2D eigenvalue weighted by Gasteiger charge is -2.36. The number of carbonyl (C=O) groups excluding carboxylic acids is 1. The highest BCUT2D eigenvalue weighted by atomic mass is 35.5. The zero-order valence-corrected chi connectivity index (χ0v) is 14.7. The van der Waals surface area contributed by atoms with Crippen molar-refractivity contribution in [3.05, 3.63) is 34.9 Å². The van der Waals surface area contributed by atoms with Gasteiger partial charge >= 0.3 is 0 Å². The van der Waals surface area contributed by atoms with Gasteiger partial charge in [0, 0.05) is 30.6 Å². The van der Waals surface area contributed by atoms with Crippen molar-refractivity contribution in [2.45, 2.75) is 39.8 Å². The number of benzene rings is 1. The van der Waals surface area contributed by atoms with Gasteiger partial charge in [0.05, 0.1) is 6.61 Å². The van der Waals surface area contributed by atoms with Gasteiger partial charge in [0.25, 0.3) is 0 Å². The van der Waals surface area contributed by atoms with Crippen molar-refractivity contribution in [3.63, 3.8) is 0 Å². The van der Waals surface area contributed by atoms with Crippen molar-refractivity contribution in [1.82, 2.24) is 10.2 Å². The minimum absolute atomic E-state index is 0.0163. The summed E-state index contributed by atoms with van der Waals surface area (Å²) in [5.41, 5.74) is 0.881. The van der Waals surface area contributed by atoms with Gasteiger partial charge in [0.2, 0.25) is 5.91 Å². The van der Waals surface area contributed by atoms with Gasteiger partial charge in [-0.25, -0.2) is 0 Å². The summed E-state index contributed by atoms with van der Waals surface area (Å²) in [5.74, 6) is -0.0163. The first-order chi connectivity index (χ1) is 10.3. The molecule has 1 aromatic carbocycles. The number of hydrogen-bond donors (Lipinski definition) is 2. The maximum atomic E-state index is 11.9. The van der Waals surface area contributed by atoms with Gasteiger partial charge in [-0.3, -0.25) is 4.79 Å². The van der Waals surface area contributed by atoms with Gasteiger partial charge in [0.1, 0.15) is 0 Å². The molecule has 22 heavy (non-hydrogen) atoms. The van der Waals surface area contributed by atoms with Crippen LogP contribution in [0.15, 0.2) is 24.3 Å². The Labute approximate surface area is 138 Å². The fourth-order valence-corrected chi connectivity index (χ4v) is 2.63. The van der Waals surface area contributed by atoms with Gasteiger partial charge in [0.15, 0.2) is 0 Å². The average Bonchev–Trinajstić information content (AvgIpc) is 2.43. The second kappa shape index (κ2) is 8.51. The van der Waals surface area contributed by atoms with Gasteiger partial charge < -0.3 is 15.3 Å². The monoisotopic (exact) mass is 326 g/mol. The van der Waals surface area contributed by atoms with E-state index in [-0.39, 0.29) is 24.0 Å². The number of hydrogen-bond acceptors (Lipinski definition) is 3. The molecule has 0 saturated heterocycles. The molecule has 1 unspecified atom stereocenters. The van der Waals surface area contributed by atoms with Crippen molar-refractivity contribution < 1.29 is 9.90 Å². The zero-order chi connectivity index (χ0) is 16.8. The molecule has 0 aliphatic heterocycles. The van der Waals surface area contributed by atoms with E-state index in [2.05, 4.69) is 26.1 Å². The smallest absolute Gasteiger partial charge is 0.221 e. The number of aliphatic hydroxyl groups excluding tert-OH is 1. The predicted molar refractivity (Wildman–Crippen MR) is 90.9 cm³/mol. The highest BCUT2D eigenvalue weighted by Crippen LogP contribution is 2.23. The van der Waals surface area contributed by atoms with Crippen molar-refractivity contribution in [2.75, 3.05) is 20.2 Å². The number of carbonyl (C=O) groups is 1. The Balaban J connectivity index is 2.41. The van der Waals surface area contributed by atoms with Crippen LogP contribution in [0.1, 0.15) is 32.8 Å². The minimum atomic E-state index is -0.0302. The molecule has 1 rings (SSSR count). The van der Waals surface area contributed by atoms with Gasteiger partial charge in [-0.05, 0) is 24.1 Å². The molecule has 4 nitrogen and oxygen atoms in total. The van der Waals surface area contributed by atoms with Crippen LogP contribution >= 0.6 is 11.6 Å². The summed E-state index contributed by atoms with van der Waals surface area (Å²) in [7, 11) is 1.94. The predicted octanol–water partition coefficient (Wildman–Crippen LogP) is 2.69. The normalized spacial score (nSPS) is 13.2. The summed E-state index contributed by atoms with van der Waals surface area (Å²) in [6.45, 7) is 7.38. The van der Waals surface area contributed by atoms with E-state index in [0.717, 1.165) is 5.56 Å². The minimum Gasteiger partial charge on any atom is -0.395 e. The summed E-state index contributed by atoms with van der Waals surface area (Å²) >= 11 is 6.06. The topological polar surface area (TPSA) is 52.6 Å². The number of likely N-dealkylation sites (N-methyl/N-ethyl adjacent to an activating group) is 1. The van der Waals surface area contributed by atoms with E-state index in [9.17, 15) is 9.90 Å². The number of nitrogens with zero attached hydrogens (tertiary/aromatic N) is 1.